The zero-order valence-corrected chi connectivity index (χ0v) is 27.8. The van der Waals surface area contributed by atoms with Gasteiger partial charge in [-0.25, -0.2) is 4.98 Å². The molecule has 0 spiro atoms. The zero-order valence-electron chi connectivity index (χ0n) is 27.8. The van der Waals surface area contributed by atoms with E-state index in [1.807, 2.05) is 48.4 Å². The van der Waals surface area contributed by atoms with E-state index in [1.54, 1.807) is 35.9 Å². The van der Waals surface area contributed by atoms with E-state index in [1.165, 1.54) is 0 Å². The Labute approximate surface area is 281 Å². The van der Waals surface area contributed by atoms with Crippen LogP contribution in [0.25, 0.3) is 16.6 Å². The Morgan fingerprint density at radius 1 is 0.875 bits per heavy atom. The highest BCUT2D eigenvalue weighted by atomic mass is 16.5. The molecular weight excluding hydrogens is 608 g/mol. The molecule has 0 unspecified atom stereocenters. The first-order valence-electron chi connectivity index (χ1n) is 17.0. The maximum atomic E-state index is 13.4. The van der Waals surface area contributed by atoms with Crippen LogP contribution in [0.5, 0.6) is 17.2 Å². The fourth-order valence-electron chi connectivity index (χ4n) is 6.50. The average Bonchev–Trinajstić information content (AvgIpc) is 3.54. The molecule has 6 rings (SSSR count). The van der Waals surface area contributed by atoms with Gasteiger partial charge in [0.15, 0.2) is 11.5 Å². The Bertz CT molecular complexity index is 1830. The molecule has 10 heteroatoms. The Hall–Kier alpha value is -4.70. The van der Waals surface area contributed by atoms with Crippen molar-refractivity contribution < 1.29 is 24.1 Å². The quantitative estimate of drug-likeness (QED) is 0.142. The van der Waals surface area contributed by atoms with Gasteiger partial charge >= 0.3 is 0 Å². The number of amides is 1. The van der Waals surface area contributed by atoms with Crippen LogP contribution in [-0.2, 0) is 6.61 Å². The highest BCUT2D eigenvalue weighted by Crippen LogP contribution is 2.38. The fraction of sp³-hybridized carbons (Fsp3) is 0.421. The fourth-order valence-corrected chi connectivity index (χ4v) is 6.50. The monoisotopic (exact) mass is 652 g/mol. The van der Waals surface area contributed by atoms with Crippen LogP contribution in [0.3, 0.4) is 0 Å². The van der Waals surface area contributed by atoms with Crippen molar-refractivity contribution >= 4 is 28.7 Å². The van der Waals surface area contributed by atoms with E-state index in [9.17, 15) is 14.7 Å². The first kappa shape index (κ1) is 33.2. The average molecular weight is 653 g/mol. The maximum absolute atomic E-state index is 13.4. The maximum Gasteiger partial charge on any atom is 0.266 e. The molecule has 2 aliphatic heterocycles. The van der Waals surface area contributed by atoms with E-state index in [4.69, 9.17) is 14.2 Å². The number of rotatable bonds is 15. The molecule has 10 nitrogen and oxygen atoms in total. The molecule has 1 saturated heterocycles. The van der Waals surface area contributed by atoms with Crippen molar-refractivity contribution in [2.75, 3.05) is 26.9 Å². The van der Waals surface area contributed by atoms with Gasteiger partial charge in [-0.1, -0.05) is 44.2 Å². The van der Waals surface area contributed by atoms with E-state index >= 15 is 0 Å². The molecule has 48 heavy (non-hydrogen) atoms. The number of hydrogen-bond acceptors (Lipinski definition) is 8. The summed E-state index contributed by atoms with van der Waals surface area (Å²) in [5, 5.41) is 9.85. The summed E-state index contributed by atoms with van der Waals surface area (Å²) in [5.41, 5.74) is 3.21. The smallest absolute Gasteiger partial charge is 0.266 e. The number of fused-ring (bicyclic) bond motifs is 3. The number of aryl methyl sites for hydroxylation is 1. The lowest BCUT2D eigenvalue weighted by atomic mass is 10.1. The lowest BCUT2D eigenvalue weighted by Crippen LogP contribution is -2.35. The minimum Gasteiger partial charge on any atom is -0.494 e. The van der Waals surface area contributed by atoms with Gasteiger partial charge in [0.25, 0.3) is 11.5 Å². The molecule has 2 aliphatic rings. The van der Waals surface area contributed by atoms with Crippen LogP contribution in [0.15, 0.2) is 64.4 Å². The molecule has 0 aliphatic carbocycles. The molecule has 3 heterocycles. The van der Waals surface area contributed by atoms with E-state index in [-0.39, 0.29) is 24.1 Å². The molecule has 0 radical (unpaired) electrons. The van der Waals surface area contributed by atoms with E-state index in [0.29, 0.717) is 64.1 Å². The summed E-state index contributed by atoms with van der Waals surface area (Å²) in [6, 6.07) is 16.4. The van der Waals surface area contributed by atoms with Crippen LogP contribution in [0.2, 0.25) is 0 Å². The number of carbonyl (C=O) groups excluding carboxylic acids is 1. The van der Waals surface area contributed by atoms with Gasteiger partial charge in [-0.05, 0) is 74.6 Å². The van der Waals surface area contributed by atoms with Crippen molar-refractivity contribution in [3.05, 3.63) is 81.9 Å². The number of unbranched alkanes of at least 4 members (excludes halogenated alkanes) is 6. The second-order valence-corrected chi connectivity index (χ2v) is 12.5. The summed E-state index contributed by atoms with van der Waals surface area (Å²) in [4.78, 5) is 37.6. The van der Waals surface area contributed by atoms with Gasteiger partial charge in [-0.2, -0.15) is 0 Å². The number of hydrogen-bond donors (Lipinski definition) is 1. The number of aliphatic imine (C=N–C) groups is 1. The summed E-state index contributed by atoms with van der Waals surface area (Å²) < 4.78 is 19.2. The van der Waals surface area contributed by atoms with Gasteiger partial charge in [0.1, 0.15) is 11.6 Å². The third-order valence-electron chi connectivity index (χ3n) is 9.16. The number of aliphatic hydroxyl groups excluding tert-OH is 1. The van der Waals surface area contributed by atoms with Crippen LogP contribution in [0.4, 0.5) is 5.69 Å². The predicted octanol–water partition coefficient (Wildman–Crippen LogP) is 6.70. The molecule has 0 bridgehead atoms. The van der Waals surface area contributed by atoms with Crippen molar-refractivity contribution in [3.8, 4) is 22.9 Å². The van der Waals surface area contributed by atoms with Crippen LogP contribution in [0, 0.1) is 6.92 Å². The third-order valence-corrected chi connectivity index (χ3v) is 9.16. The number of benzene rings is 3. The normalized spacial score (nSPS) is 15.4. The summed E-state index contributed by atoms with van der Waals surface area (Å²) >= 11 is 0. The van der Waals surface area contributed by atoms with Crippen molar-refractivity contribution in [3.63, 3.8) is 0 Å². The van der Waals surface area contributed by atoms with E-state index in [0.717, 1.165) is 69.9 Å². The number of methoxy groups -OCH3 is 1. The van der Waals surface area contributed by atoms with Crippen molar-refractivity contribution in [2.24, 2.45) is 4.99 Å². The number of nitrogens with zero attached hydrogens (tertiary/aromatic N) is 4. The summed E-state index contributed by atoms with van der Waals surface area (Å²) in [6.07, 6.45) is 11.3. The first-order chi connectivity index (χ1) is 23.5. The molecule has 252 valence electrons. The molecule has 1 fully saturated rings. The largest absolute Gasteiger partial charge is 0.494 e. The molecule has 0 saturated carbocycles. The second-order valence-electron chi connectivity index (χ2n) is 12.5. The van der Waals surface area contributed by atoms with Gasteiger partial charge in [0.2, 0.25) is 0 Å². The van der Waals surface area contributed by atoms with Gasteiger partial charge < -0.3 is 24.2 Å². The molecular formula is C38H44N4O6. The molecule has 3 aromatic carbocycles. The van der Waals surface area contributed by atoms with Gasteiger partial charge in [0, 0.05) is 18.8 Å². The summed E-state index contributed by atoms with van der Waals surface area (Å²) in [7, 11) is 1.60. The zero-order chi connectivity index (χ0) is 33.5. The lowest BCUT2D eigenvalue weighted by molar-refractivity contribution is 0.0774. The Kier molecular flexibility index (Phi) is 10.7. The number of aliphatic hydroxyl groups is 1. The summed E-state index contributed by atoms with van der Waals surface area (Å²) in [5.74, 6) is 2.47. The predicted molar refractivity (Wildman–Crippen MR) is 187 cm³/mol. The highest BCUT2D eigenvalue weighted by Gasteiger charge is 2.32. The number of carbonyl (C=O) groups is 1. The second kappa shape index (κ2) is 15.5. The minimum absolute atomic E-state index is 0.0109. The van der Waals surface area contributed by atoms with Crippen LogP contribution < -0.4 is 19.8 Å². The Morgan fingerprint density at radius 3 is 2.33 bits per heavy atom. The number of ether oxygens (including phenoxy) is 3. The minimum atomic E-state index is -0.145. The Morgan fingerprint density at radius 2 is 1.60 bits per heavy atom. The lowest BCUT2D eigenvalue weighted by Gasteiger charge is -2.20. The van der Waals surface area contributed by atoms with Crippen LogP contribution >= 0.6 is 0 Å². The molecule has 1 atom stereocenters. The van der Waals surface area contributed by atoms with Gasteiger partial charge in [-0.15, -0.1) is 0 Å². The van der Waals surface area contributed by atoms with Crippen molar-refractivity contribution in [1.29, 1.82) is 0 Å². The summed E-state index contributed by atoms with van der Waals surface area (Å²) in [6.45, 7) is 3.71. The topological polar surface area (TPSA) is 115 Å². The highest BCUT2D eigenvalue weighted by molar-refractivity contribution is 6.03. The molecule has 4 aromatic rings. The van der Waals surface area contributed by atoms with Crippen LogP contribution in [0.1, 0.15) is 79.5 Å². The van der Waals surface area contributed by atoms with Gasteiger partial charge in [-0.3, -0.25) is 19.1 Å². The van der Waals surface area contributed by atoms with E-state index < -0.39 is 0 Å². The molecule has 1 aromatic heterocycles. The molecule has 1 amide bonds. The first-order valence-corrected chi connectivity index (χ1v) is 17.0. The van der Waals surface area contributed by atoms with Gasteiger partial charge in [0.05, 0.1) is 60.8 Å². The molecule has 1 N–H and O–H groups in total. The Balaban J connectivity index is 0.903. The SMILES string of the molecule is COc1cc2c(cc1OCCCCCCCCCOc1ccc3nc(C)n(-c4ccc(CO)cc4)c(=O)c3c1)N=C[C@@H]1CCCN1C2=O. The third kappa shape index (κ3) is 7.39. The standard InChI is InChI=1S/C38H44N4O6/c1-26-40-33-17-16-30(21-31(33)38(45)42(26)28-14-12-27(25-43)13-15-28)47-19-8-6-4-3-5-7-9-20-48-36-23-34-32(22-35(36)46-2)37(44)41-18-10-11-29(41)24-39-34/h12-17,21-24,29,43H,3-11,18-20,25H2,1-2H3/t29-/m0/s1. The number of aromatic nitrogens is 2. The van der Waals surface area contributed by atoms with Crippen LogP contribution in [-0.4, -0.2) is 64.6 Å². The van der Waals surface area contributed by atoms with Crippen molar-refractivity contribution in [2.45, 2.75) is 77.4 Å². The van der Waals surface area contributed by atoms with Crippen molar-refractivity contribution in [1.82, 2.24) is 14.5 Å². The van der Waals surface area contributed by atoms with E-state index in [2.05, 4.69) is 9.98 Å².